The van der Waals surface area contributed by atoms with E-state index in [1.54, 1.807) is 6.07 Å². The van der Waals surface area contributed by atoms with Crippen LogP contribution in [-0.4, -0.2) is 5.16 Å². The van der Waals surface area contributed by atoms with Crippen LogP contribution in [0.3, 0.4) is 0 Å². The van der Waals surface area contributed by atoms with Gasteiger partial charge >= 0.3 is 0 Å². The smallest absolute Gasteiger partial charge is 0.134 e. The molecular formula is C10H8ClFN2O. The third kappa shape index (κ3) is 1.73. The first-order valence-electron chi connectivity index (χ1n) is 4.31. The van der Waals surface area contributed by atoms with Gasteiger partial charge in [-0.15, -0.1) is 0 Å². The summed E-state index contributed by atoms with van der Waals surface area (Å²) in [6.07, 6.45) is 1.39. The molecule has 0 amide bonds. The molecule has 0 fully saturated rings. The topological polar surface area (TPSA) is 52.0 Å². The Kier molecular flexibility index (Phi) is 2.70. The van der Waals surface area contributed by atoms with Gasteiger partial charge in [0.2, 0.25) is 0 Å². The van der Waals surface area contributed by atoms with Crippen molar-refractivity contribution in [2.75, 3.05) is 0 Å². The fraction of sp³-hybridized carbons (Fsp3) is 0.100. The lowest BCUT2D eigenvalue weighted by atomic mass is 10.1. The molecule has 15 heavy (non-hydrogen) atoms. The highest BCUT2D eigenvalue weighted by atomic mass is 35.5. The molecule has 1 heterocycles. The summed E-state index contributed by atoms with van der Waals surface area (Å²) in [5.41, 5.74) is 6.69. The van der Waals surface area contributed by atoms with Crippen molar-refractivity contribution in [2.24, 2.45) is 5.73 Å². The first-order chi connectivity index (χ1) is 7.24. The number of hydrogen-bond acceptors (Lipinski definition) is 3. The monoisotopic (exact) mass is 226 g/mol. The van der Waals surface area contributed by atoms with Gasteiger partial charge in [-0.1, -0.05) is 22.8 Å². The summed E-state index contributed by atoms with van der Waals surface area (Å²) >= 11 is 5.89. The Morgan fingerprint density at radius 2 is 2.27 bits per heavy atom. The van der Waals surface area contributed by atoms with Crippen LogP contribution in [-0.2, 0) is 6.54 Å². The maximum atomic E-state index is 13.5. The van der Waals surface area contributed by atoms with Gasteiger partial charge in [0.1, 0.15) is 17.8 Å². The first-order valence-corrected chi connectivity index (χ1v) is 4.69. The molecule has 0 unspecified atom stereocenters. The molecule has 0 aliphatic heterocycles. The molecule has 0 aliphatic rings. The third-order valence-electron chi connectivity index (χ3n) is 2.06. The van der Waals surface area contributed by atoms with Crippen LogP contribution in [0.4, 0.5) is 4.39 Å². The van der Waals surface area contributed by atoms with E-state index in [9.17, 15) is 4.39 Å². The van der Waals surface area contributed by atoms with Crippen molar-refractivity contribution in [3.63, 3.8) is 0 Å². The van der Waals surface area contributed by atoms with Crippen LogP contribution in [0.5, 0.6) is 0 Å². The minimum Gasteiger partial charge on any atom is -0.364 e. The van der Waals surface area contributed by atoms with E-state index in [4.69, 9.17) is 21.9 Å². The summed E-state index contributed by atoms with van der Waals surface area (Å²) in [5, 5.41) is 3.99. The van der Waals surface area contributed by atoms with Gasteiger partial charge in [-0.2, -0.15) is 0 Å². The van der Waals surface area contributed by atoms with E-state index in [0.29, 0.717) is 16.3 Å². The first kappa shape index (κ1) is 10.1. The molecule has 0 spiro atoms. The van der Waals surface area contributed by atoms with Crippen molar-refractivity contribution in [1.29, 1.82) is 0 Å². The summed E-state index contributed by atoms with van der Waals surface area (Å²) in [4.78, 5) is 0. The van der Waals surface area contributed by atoms with Crippen LogP contribution in [0.2, 0.25) is 5.02 Å². The minimum atomic E-state index is -0.439. The largest absolute Gasteiger partial charge is 0.364 e. The lowest BCUT2D eigenvalue weighted by molar-refractivity contribution is 0.421. The predicted octanol–water partition coefficient (Wildman–Crippen LogP) is 2.59. The van der Waals surface area contributed by atoms with E-state index >= 15 is 0 Å². The minimum absolute atomic E-state index is 0.226. The number of benzene rings is 1. The molecule has 1 aromatic carbocycles. The molecule has 78 valence electrons. The average molecular weight is 227 g/mol. The van der Waals surface area contributed by atoms with Crippen LogP contribution >= 0.6 is 11.6 Å². The Morgan fingerprint density at radius 3 is 2.93 bits per heavy atom. The standard InChI is InChI=1S/C10H8ClFN2O/c11-7-2-1-3-8(12)9(7)10-6(4-13)5-15-14-10/h1-3,5H,4,13H2. The number of rotatable bonds is 2. The maximum Gasteiger partial charge on any atom is 0.134 e. The molecule has 0 saturated heterocycles. The second-order valence-electron chi connectivity index (χ2n) is 2.99. The predicted molar refractivity (Wildman–Crippen MR) is 54.8 cm³/mol. The van der Waals surface area contributed by atoms with Gasteiger partial charge in [-0.05, 0) is 12.1 Å². The second kappa shape index (κ2) is 4.00. The maximum absolute atomic E-state index is 13.5. The summed E-state index contributed by atoms with van der Waals surface area (Å²) in [5.74, 6) is -0.439. The molecule has 0 bridgehead atoms. The Labute approximate surface area is 90.6 Å². The molecular weight excluding hydrogens is 219 g/mol. The lowest BCUT2D eigenvalue weighted by Gasteiger charge is -2.03. The molecule has 0 radical (unpaired) electrons. The van der Waals surface area contributed by atoms with Crippen molar-refractivity contribution in [1.82, 2.24) is 5.16 Å². The average Bonchev–Trinajstić information content (AvgIpc) is 2.65. The van der Waals surface area contributed by atoms with Gasteiger partial charge in [-0.25, -0.2) is 4.39 Å². The number of nitrogens with zero attached hydrogens (tertiary/aromatic N) is 1. The van der Waals surface area contributed by atoms with Crippen molar-refractivity contribution >= 4 is 11.6 Å². The zero-order valence-electron chi connectivity index (χ0n) is 7.71. The van der Waals surface area contributed by atoms with Crippen LogP contribution in [0.25, 0.3) is 11.3 Å². The quantitative estimate of drug-likeness (QED) is 0.856. The van der Waals surface area contributed by atoms with E-state index in [0.717, 1.165) is 0 Å². The van der Waals surface area contributed by atoms with Gasteiger partial charge in [0, 0.05) is 12.1 Å². The Hall–Kier alpha value is -1.39. The summed E-state index contributed by atoms with van der Waals surface area (Å²) in [6, 6.07) is 4.44. The van der Waals surface area contributed by atoms with Crippen molar-refractivity contribution in [2.45, 2.75) is 6.54 Å². The van der Waals surface area contributed by atoms with E-state index < -0.39 is 5.82 Å². The van der Waals surface area contributed by atoms with E-state index in [2.05, 4.69) is 5.16 Å². The van der Waals surface area contributed by atoms with Gasteiger partial charge in [0.25, 0.3) is 0 Å². The van der Waals surface area contributed by atoms with Crippen molar-refractivity contribution in [3.05, 3.63) is 40.9 Å². The molecule has 0 atom stereocenters. The van der Waals surface area contributed by atoms with Crippen LogP contribution in [0.15, 0.2) is 29.0 Å². The fourth-order valence-corrected chi connectivity index (χ4v) is 1.58. The molecule has 0 aliphatic carbocycles. The molecule has 2 rings (SSSR count). The van der Waals surface area contributed by atoms with E-state index in [-0.39, 0.29) is 12.1 Å². The molecule has 0 saturated carbocycles. The normalized spacial score (nSPS) is 10.6. The van der Waals surface area contributed by atoms with Gasteiger partial charge in [0.05, 0.1) is 10.6 Å². The van der Waals surface area contributed by atoms with E-state index in [1.807, 2.05) is 0 Å². The van der Waals surface area contributed by atoms with Crippen molar-refractivity contribution in [3.8, 4) is 11.3 Å². The molecule has 1 aromatic heterocycles. The molecule has 5 heteroatoms. The van der Waals surface area contributed by atoms with Crippen LogP contribution in [0.1, 0.15) is 5.56 Å². The third-order valence-corrected chi connectivity index (χ3v) is 2.38. The molecule has 2 N–H and O–H groups in total. The summed E-state index contributed by atoms with van der Waals surface area (Å²) in [7, 11) is 0. The number of aromatic nitrogens is 1. The van der Waals surface area contributed by atoms with E-state index in [1.165, 1.54) is 18.4 Å². The van der Waals surface area contributed by atoms with Crippen LogP contribution in [0, 0.1) is 5.82 Å². The lowest BCUT2D eigenvalue weighted by Crippen LogP contribution is -1.98. The number of nitrogens with two attached hydrogens (primary N) is 1. The number of halogens is 2. The summed E-state index contributed by atoms with van der Waals surface area (Å²) < 4.78 is 18.3. The Bertz CT molecular complexity index is 464. The molecule has 2 aromatic rings. The highest BCUT2D eigenvalue weighted by Crippen LogP contribution is 2.31. The van der Waals surface area contributed by atoms with Crippen molar-refractivity contribution < 1.29 is 8.91 Å². The molecule has 3 nitrogen and oxygen atoms in total. The highest BCUT2D eigenvalue weighted by Gasteiger charge is 2.16. The van der Waals surface area contributed by atoms with Gasteiger partial charge in [0.15, 0.2) is 0 Å². The van der Waals surface area contributed by atoms with Crippen LogP contribution < -0.4 is 5.73 Å². The van der Waals surface area contributed by atoms with Gasteiger partial charge in [-0.3, -0.25) is 0 Å². The zero-order chi connectivity index (χ0) is 10.8. The highest BCUT2D eigenvalue weighted by molar-refractivity contribution is 6.33. The Morgan fingerprint density at radius 1 is 1.47 bits per heavy atom. The number of hydrogen-bond donors (Lipinski definition) is 1. The zero-order valence-corrected chi connectivity index (χ0v) is 8.46. The Balaban J connectivity index is 2.63. The SMILES string of the molecule is NCc1conc1-c1c(F)cccc1Cl. The summed E-state index contributed by atoms with van der Waals surface area (Å²) in [6.45, 7) is 0.226. The second-order valence-corrected chi connectivity index (χ2v) is 3.40. The fourth-order valence-electron chi connectivity index (χ4n) is 1.33. The van der Waals surface area contributed by atoms with Gasteiger partial charge < -0.3 is 10.3 Å².